The Bertz CT molecular complexity index is 1930. The van der Waals surface area contributed by atoms with Crippen LogP contribution >= 0.6 is 0 Å². The molecule has 8 nitrogen and oxygen atoms in total. The number of ether oxygens (including phenoxy) is 2. The molecule has 3 heterocycles. The molecule has 12 heteroatoms. The highest BCUT2D eigenvalue weighted by molar-refractivity contribution is 6.98. The van der Waals surface area contributed by atoms with Gasteiger partial charge in [-0.15, -0.1) is 0 Å². The van der Waals surface area contributed by atoms with Crippen LogP contribution in [0.1, 0.15) is 65.6 Å². The Morgan fingerprint density at radius 3 is 2.41 bits per heavy atom. The number of methoxy groups -OCH3 is 1. The Labute approximate surface area is 284 Å². The smallest absolute Gasteiger partial charge is 0.460 e. The summed E-state index contributed by atoms with van der Waals surface area (Å²) in [5, 5.41) is 22.2. The average Bonchev–Trinajstić information content (AvgIpc) is 3.12. The largest absolute Gasteiger partial charge is 0.478 e. The van der Waals surface area contributed by atoms with Gasteiger partial charge in [0.1, 0.15) is 26.7 Å². The number of carboxylic acids is 1. The molecular formula is C37H38F3N4O4Si+. The first-order valence-corrected chi connectivity index (χ1v) is 19.5. The van der Waals surface area contributed by atoms with Crippen molar-refractivity contribution in [2.75, 3.05) is 45.0 Å². The van der Waals surface area contributed by atoms with Crippen LogP contribution < -0.4 is 10.1 Å². The van der Waals surface area contributed by atoms with E-state index in [0.717, 1.165) is 86.5 Å². The van der Waals surface area contributed by atoms with Gasteiger partial charge in [-0.1, -0.05) is 19.2 Å². The summed E-state index contributed by atoms with van der Waals surface area (Å²) in [6, 6.07) is 7.28. The summed E-state index contributed by atoms with van der Waals surface area (Å²) < 4.78 is 61.5. The summed E-state index contributed by atoms with van der Waals surface area (Å²) in [7, 11) is -1.43. The first-order valence-electron chi connectivity index (χ1n) is 16.5. The van der Waals surface area contributed by atoms with Gasteiger partial charge < -0.3 is 14.7 Å². The van der Waals surface area contributed by atoms with Crippen LogP contribution in [-0.2, 0) is 15.2 Å². The zero-order chi connectivity index (χ0) is 35.1. The van der Waals surface area contributed by atoms with Gasteiger partial charge >= 0.3 is 11.7 Å². The minimum absolute atomic E-state index is 0.0609. The number of hydrogen-bond acceptors (Lipinski definition) is 5. The number of fused-ring (bicyclic) bond motifs is 2. The van der Waals surface area contributed by atoms with Crippen molar-refractivity contribution in [3.63, 3.8) is 0 Å². The highest BCUT2D eigenvalue weighted by atomic mass is 28.3. The van der Waals surface area contributed by atoms with Gasteiger partial charge in [0.25, 0.3) is 0 Å². The molecule has 0 bridgehead atoms. The molecule has 4 aliphatic rings. The highest BCUT2D eigenvalue weighted by Gasteiger charge is 2.51. The van der Waals surface area contributed by atoms with E-state index in [1.165, 1.54) is 13.2 Å². The Morgan fingerprint density at radius 2 is 1.78 bits per heavy atom. The monoisotopic (exact) mass is 687 g/mol. The third kappa shape index (κ3) is 5.72. The molecule has 254 valence electrons. The van der Waals surface area contributed by atoms with Crippen LogP contribution in [0.5, 0.6) is 0 Å². The molecule has 0 spiro atoms. The van der Waals surface area contributed by atoms with Gasteiger partial charge in [0.2, 0.25) is 0 Å². The Kier molecular flexibility index (Phi) is 9.42. The second-order valence-corrected chi connectivity index (χ2v) is 17.7. The Morgan fingerprint density at radius 1 is 1.08 bits per heavy atom. The zero-order valence-electron chi connectivity index (χ0n) is 27.8. The molecule has 0 radical (unpaired) electrons. The summed E-state index contributed by atoms with van der Waals surface area (Å²) >= 11 is 0. The van der Waals surface area contributed by atoms with Crippen molar-refractivity contribution in [2.24, 2.45) is 0 Å². The molecule has 1 aliphatic carbocycles. The van der Waals surface area contributed by atoms with Crippen LogP contribution in [0.2, 0.25) is 13.1 Å². The van der Waals surface area contributed by atoms with Gasteiger partial charge in [-0.3, -0.25) is 9.58 Å². The first-order chi connectivity index (χ1) is 23.5. The van der Waals surface area contributed by atoms with E-state index in [9.17, 15) is 15.2 Å². The van der Waals surface area contributed by atoms with Crippen molar-refractivity contribution in [1.82, 2.24) is 0 Å². The maximum Gasteiger partial charge on any atom is 0.460 e. The van der Waals surface area contributed by atoms with E-state index in [-0.39, 0.29) is 5.57 Å². The van der Waals surface area contributed by atoms with E-state index in [4.69, 9.17) is 16.0 Å². The second-order valence-electron chi connectivity index (χ2n) is 13.3. The minimum atomic E-state index is -3.00. The van der Waals surface area contributed by atoms with Crippen LogP contribution in [0.4, 0.5) is 18.9 Å². The van der Waals surface area contributed by atoms with Crippen LogP contribution in [-0.4, -0.2) is 69.5 Å². The van der Waals surface area contributed by atoms with Crippen molar-refractivity contribution in [1.29, 1.82) is 5.26 Å². The van der Waals surface area contributed by atoms with Gasteiger partial charge in [0.15, 0.2) is 41.6 Å². The fourth-order valence-electron chi connectivity index (χ4n) is 7.60. The number of benzene rings is 2. The van der Waals surface area contributed by atoms with Crippen molar-refractivity contribution in [3.8, 4) is 6.07 Å². The van der Waals surface area contributed by atoms with Crippen LogP contribution in [0.25, 0.3) is 10.4 Å². The Balaban J connectivity index is 1.72. The molecule has 0 aromatic heterocycles. The highest BCUT2D eigenvalue weighted by Crippen LogP contribution is 2.46. The van der Waals surface area contributed by atoms with Gasteiger partial charge in [-0.25, -0.2) is 29.1 Å². The molecule has 2 aromatic carbocycles. The fraction of sp³-hybridized carbons (Fsp3) is 0.405. The minimum Gasteiger partial charge on any atom is -0.478 e. The molecule has 2 fully saturated rings. The lowest BCUT2D eigenvalue weighted by Crippen LogP contribution is -2.50. The SMILES string of the molecule is [C-]#[N+]C(C#N)(OCOC)c1c(F)c(F)c(C(=O)O)c(C2=C3C=CC(=[N+]4CCCCC4)C=C3[Si](C)(C)c3cc(N4CCCCC4)ccc32)c1F. The number of halogens is 3. The van der Waals surface area contributed by atoms with Crippen LogP contribution in [0.3, 0.4) is 0 Å². The molecule has 1 N–H and O–H groups in total. The molecule has 49 heavy (non-hydrogen) atoms. The van der Waals surface area contributed by atoms with E-state index in [2.05, 4.69) is 39.6 Å². The molecular weight excluding hydrogens is 650 g/mol. The predicted octanol–water partition coefficient (Wildman–Crippen LogP) is 6.41. The van der Waals surface area contributed by atoms with E-state index in [0.29, 0.717) is 11.1 Å². The number of carboxylic acid groups (broad SMARTS) is 1. The third-order valence-electron chi connectivity index (χ3n) is 10.2. The number of nitrogens with zero attached hydrogens (tertiary/aromatic N) is 4. The molecule has 6 rings (SSSR count). The van der Waals surface area contributed by atoms with Gasteiger partial charge in [-0.05, 0) is 71.0 Å². The molecule has 1 unspecified atom stereocenters. The Hall–Kier alpha value is -4.49. The fourth-order valence-corrected chi connectivity index (χ4v) is 10.7. The second kappa shape index (κ2) is 13.4. The maximum atomic E-state index is 17.2. The normalized spacial score (nSPS) is 19.8. The first kappa shape index (κ1) is 34.4. The summed E-state index contributed by atoms with van der Waals surface area (Å²) in [6.45, 7) is 14.9. The van der Waals surface area contributed by atoms with E-state index < -0.39 is 60.7 Å². The van der Waals surface area contributed by atoms with E-state index >= 15 is 13.2 Å². The topological polar surface area (TPSA) is 90.2 Å². The van der Waals surface area contributed by atoms with Crippen molar-refractivity contribution in [3.05, 3.63) is 98.3 Å². The lowest BCUT2D eigenvalue weighted by molar-refractivity contribution is -0.535. The lowest BCUT2D eigenvalue weighted by atomic mass is 9.84. The average molecular weight is 688 g/mol. The molecule has 0 amide bonds. The number of piperidine rings is 2. The zero-order valence-corrected chi connectivity index (χ0v) is 28.8. The lowest BCUT2D eigenvalue weighted by Gasteiger charge is -2.39. The molecule has 0 saturated carbocycles. The molecule has 1 atom stereocenters. The van der Waals surface area contributed by atoms with Gasteiger partial charge in [0, 0.05) is 56.4 Å². The van der Waals surface area contributed by atoms with Crippen LogP contribution in [0.15, 0.2) is 47.2 Å². The van der Waals surface area contributed by atoms with Crippen molar-refractivity contribution in [2.45, 2.75) is 57.3 Å². The van der Waals surface area contributed by atoms with Crippen molar-refractivity contribution < 1.29 is 37.1 Å². The summed E-state index contributed by atoms with van der Waals surface area (Å²) in [6.07, 6.45) is 12.3. The number of allylic oxidation sites excluding steroid dienone is 5. The standard InChI is InChI=1S/C37H37F3N4O4Si/c1-42-37(21-41,48-22-47-2)32-33(38)30(31(36(45)46)34(39)35(32)40)29-25-13-11-23(43-15-7-5-8-16-43)19-27(25)49(3,4)28-20-24(12-14-26(28)29)44-17-9-6-10-18-44/h11-14,19-20H,5-10,15-18,22H2,2-4H3/p+1. The summed E-state index contributed by atoms with van der Waals surface area (Å²) in [5.74, 6) is -7.33. The number of nitriles is 1. The van der Waals surface area contributed by atoms with Crippen LogP contribution in [0, 0.1) is 35.4 Å². The number of rotatable bonds is 7. The summed E-state index contributed by atoms with van der Waals surface area (Å²) in [4.78, 5) is 18.2. The molecule has 2 saturated heterocycles. The van der Waals surface area contributed by atoms with E-state index in [1.54, 1.807) is 0 Å². The molecule has 2 aromatic rings. The quantitative estimate of drug-likeness (QED) is 0.119. The van der Waals surface area contributed by atoms with Crippen molar-refractivity contribution >= 4 is 36.2 Å². The predicted molar refractivity (Wildman–Crippen MR) is 182 cm³/mol. The third-order valence-corrected chi connectivity index (χ3v) is 13.7. The maximum absolute atomic E-state index is 17.2. The molecule has 3 aliphatic heterocycles. The van der Waals surface area contributed by atoms with E-state index in [1.807, 2.05) is 24.3 Å². The van der Waals surface area contributed by atoms with Gasteiger partial charge in [0.05, 0.1) is 0 Å². The number of hydrogen-bond donors (Lipinski definition) is 1. The number of anilines is 1. The summed E-state index contributed by atoms with van der Waals surface area (Å²) in [5.41, 5.74) is -3.26. The number of aromatic carboxylic acids is 1. The van der Waals surface area contributed by atoms with Gasteiger partial charge in [-0.2, -0.15) is 5.26 Å². The number of carbonyl (C=O) groups is 1.